The third-order valence-electron chi connectivity index (χ3n) is 7.12. The minimum atomic E-state index is -0.455. The zero-order valence-corrected chi connectivity index (χ0v) is 19.6. The number of hydrogen-bond acceptors (Lipinski definition) is 4. The first-order valence-corrected chi connectivity index (χ1v) is 12.1. The summed E-state index contributed by atoms with van der Waals surface area (Å²) in [7, 11) is 0. The minimum Gasteiger partial charge on any atom is -0.459 e. The number of pyridine rings is 1. The van der Waals surface area contributed by atoms with E-state index in [1.165, 1.54) is 6.26 Å². The fourth-order valence-corrected chi connectivity index (χ4v) is 5.42. The highest BCUT2D eigenvalue weighted by Gasteiger charge is 2.37. The van der Waals surface area contributed by atoms with Crippen LogP contribution >= 0.6 is 0 Å². The SMILES string of the molecule is O=C(Nc1ccc2n(c1=O)C[C@@H]1C[C@@H]2CN(C(=O)c2ccc(-c3ccccc3)cc2)C1)c1ccco1. The highest BCUT2D eigenvalue weighted by atomic mass is 16.3. The van der Waals surface area contributed by atoms with Crippen LogP contribution < -0.4 is 10.9 Å². The Bertz CT molecular complexity index is 1470. The second-order valence-corrected chi connectivity index (χ2v) is 9.47. The summed E-state index contributed by atoms with van der Waals surface area (Å²) >= 11 is 0. The molecule has 180 valence electrons. The van der Waals surface area contributed by atoms with Gasteiger partial charge in [-0.1, -0.05) is 42.5 Å². The number of benzene rings is 2. The van der Waals surface area contributed by atoms with E-state index in [1.807, 2.05) is 53.4 Å². The van der Waals surface area contributed by atoms with Crippen LogP contribution in [0.5, 0.6) is 0 Å². The number of aromatic nitrogens is 1. The van der Waals surface area contributed by atoms with Crippen LogP contribution in [-0.4, -0.2) is 34.4 Å². The molecule has 0 unspecified atom stereocenters. The lowest BCUT2D eigenvalue weighted by Crippen LogP contribution is -2.49. The van der Waals surface area contributed by atoms with Gasteiger partial charge in [0.1, 0.15) is 5.69 Å². The maximum absolute atomic E-state index is 13.3. The summed E-state index contributed by atoms with van der Waals surface area (Å²) in [5.41, 5.74) is 3.77. The molecule has 1 N–H and O–H groups in total. The first-order valence-electron chi connectivity index (χ1n) is 12.1. The summed E-state index contributed by atoms with van der Waals surface area (Å²) in [6, 6.07) is 24.6. The summed E-state index contributed by atoms with van der Waals surface area (Å²) in [4.78, 5) is 40.8. The molecule has 2 amide bonds. The van der Waals surface area contributed by atoms with Crippen LogP contribution in [0.25, 0.3) is 11.1 Å². The molecule has 7 nitrogen and oxygen atoms in total. The van der Waals surface area contributed by atoms with E-state index in [9.17, 15) is 14.4 Å². The topological polar surface area (TPSA) is 84.5 Å². The molecule has 2 bridgehead atoms. The Morgan fingerprint density at radius 3 is 2.36 bits per heavy atom. The zero-order chi connectivity index (χ0) is 24.6. The van der Waals surface area contributed by atoms with E-state index in [1.54, 1.807) is 22.8 Å². The molecule has 0 saturated carbocycles. The maximum atomic E-state index is 13.3. The van der Waals surface area contributed by atoms with Crippen LogP contribution in [0.15, 0.2) is 94.3 Å². The highest BCUT2D eigenvalue weighted by molar-refractivity contribution is 6.02. The predicted octanol–water partition coefficient (Wildman–Crippen LogP) is 4.62. The number of likely N-dealkylation sites (tertiary alicyclic amines) is 1. The molecule has 6 rings (SSSR count). The quantitative estimate of drug-likeness (QED) is 0.463. The maximum Gasteiger partial charge on any atom is 0.291 e. The van der Waals surface area contributed by atoms with Crippen molar-refractivity contribution in [3.63, 3.8) is 0 Å². The van der Waals surface area contributed by atoms with Gasteiger partial charge in [0.05, 0.1) is 6.26 Å². The van der Waals surface area contributed by atoms with Crippen LogP contribution in [-0.2, 0) is 6.54 Å². The van der Waals surface area contributed by atoms with E-state index >= 15 is 0 Å². The molecule has 0 aliphatic carbocycles. The van der Waals surface area contributed by atoms with Crippen LogP contribution in [0.1, 0.15) is 38.9 Å². The number of piperidine rings is 1. The molecule has 4 aromatic rings. The van der Waals surface area contributed by atoms with E-state index in [2.05, 4.69) is 17.4 Å². The van der Waals surface area contributed by atoms with Crippen LogP contribution in [0, 0.1) is 5.92 Å². The monoisotopic (exact) mass is 479 g/mol. The van der Waals surface area contributed by atoms with Gasteiger partial charge < -0.3 is 19.2 Å². The molecule has 2 aromatic carbocycles. The molecule has 2 aromatic heterocycles. The second kappa shape index (κ2) is 9.00. The molecule has 4 heterocycles. The molecule has 7 heteroatoms. The minimum absolute atomic E-state index is 0.0161. The Hall–Kier alpha value is -4.39. The average molecular weight is 480 g/mol. The van der Waals surface area contributed by atoms with Crippen molar-refractivity contribution in [3.05, 3.63) is 112 Å². The summed E-state index contributed by atoms with van der Waals surface area (Å²) in [5, 5.41) is 2.66. The van der Waals surface area contributed by atoms with Crippen LogP contribution in [0.2, 0.25) is 0 Å². The number of fused-ring (bicyclic) bond motifs is 4. The lowest BCUT2D eigenvalue weighted by molar-refractivity contribution is 0.0594. The van der Waals surface area contributed by atoms with Gasteiger partial charge in [0.25, 0.3) is 17.4 Å². The summed E-state index contributed by atoms with van der Waals surface area (Å²) in [5.74, 6) is -0.0313. The van der Waals surface area contributed by atoms with Gasteiger partial charge in [-0.15, -0.1) is 0 Å². The van der Waals surface area contributed by atoms with Crippen molar-refractivity contribution < 1.29 is 14.0 Å². The first-order chi connectivity index (χ1) is 17.6. The number of nitrogens with zero attached hydrogens (tertiary/aromatic N) is 2. The van der Waals surface area contributed by atoms with Crippen LogP contribution in [0.4, 0.5) is 5.69 Å². The number of carbonyl (C=O) groups excluding carboxylic acids is 2. The predicted molar refractivity (Wildman–Crippen MR) is 136 cm³/mol. The Morgan fingerprint density at radius 2 is 1.61 bits per heavy atom. The molecule has 2 aliphatic rings. The van der Waals surface area contributed by atoms with Gasteiger partial charge in [-0.05, 0) is 59.9 Å². The van der Waals surface area contributed by atoms with Gasteiger partial charge in [-0.3, -0.25) is 14.4 Å². The second-order valence-electron chi connectivity index (χ2n) is 9.47. The molecule has 0 spiro atoms. The summed E-state index contributed by atoms with van der Waals surface area (Å²) in [6.45, 7) is 1.68. The van der Waals surface area contributed by atoms with Crippen molar-refractivity contribution >= 4 is 17.5 Å². The smallest absolute Gasteiger partial charge is 0.291 e. The molecular formula is C29H25N3O4. The number of hydrogen-bond donors (Lipinski definition) is 1. The lowest BCUT2D eigenvalue weighted by atomic mass is 9.83. The summed E-state index contributed by atoms with van der Waals surface area (Å²) in [6.07, 6.45) is 2.36. The third-order valence-corrected chi connectivity index (χ3v) is 7.12. The lowest BCUT2D eigenvalue weighted by Gasteiger charge is -2.43. The van der Waals surface area contributed by atoms with Crippen molar-refractivity contribution in [2.45, 2.75) is 18.9 Å². The van der Waals surface area contributed by atoms with Gasteiger partial charge in [0.15, 0.2) is 5.76 Å². The van der Waals surface area contributed by atoms with Gasteiger partial charge in [-0.2, -0.15) is 0 Å². The fourth-order valence-electron chi connectivity index (χ4n) is 5.42. The van der Waals surface area contributed by atoms with Crippen molar-refractivity contribution in [2.24, 2.45) is 5.92 Å². The normalized spacial score (nSPS) is 18.4. The Morgan fingerprint density at radius 1 is 0.833 bits per heavy atom. The van der Waals surface area contributed by atoms with Crippen molar-refractivity contribution in [1.82, 2.24) is 9.47 Å². The molecule has 2 atom stereocenters. The molecular weight excluding hydrogens is 454 g/mol. The number of amides is 2. The molecule has 0 radical (unpaired) electrons. The zero-order valence-electron chi connectivity index (χ0n) is 19.6. The highest BCUT2D eigenvalue weighted by Crippen LogP contribution is 2.36. The van der Waals surface area contributed by atoms with Gasteiger partial charge >= 0.3 is 0 Å². The van der Waals surface area contributed by atoms with Gasteiger partial charge in [0, 0.05) is 36.8 Å². The van der Waals surface area contributed by atoms with Crippen molar-refractivity contribution in [2.75, 3.05) is 18.4 Å². The molecule has 1 fully saturated rings. The van der Waals surface area contributed by atoms with Gasteiger partial charge in [-0.25, -0.2) is 0 Å². The number of anilines is 1. The Labute approximate surface area is 208 Å². The largest absolute Gasteiger partial charge is 0.459 e. The van der Waals surface area contributed by atoms with Crippen molar-refractivity contribution in [1.29, 1.82) is 0 Å². The van der Waals surface area contributed by atoms with E-state index in [0.29, 0.717) is 25.2 Å². The van der Waals surface area contributed by atoms with E-state index in [4.69, 9.17) is 4.42 Å². The van der Waals surface area contributed by atoms with Crippen molar-refractivity contribution in [3.8, 4) is 11.1 Å². The number of carbonyl (C=O) groups is 2. The van der Waals surface area contributed by atoms with E-state index in [0.717, 1.165) is 23.2 Å². The molecule has 1 saturated heterocycles. The summed E-state index contributed by atoms with van der Waals surface area (Å²) < 4.78 is 6.88. The number of nitrogens with one attached hydrogen (secondary N) is 1. The first kappa shape index (κ1) is 22.1. The number of rotatable bonds is 4. The third kappa shape index (κ3) is 4.02. The number of furan rings is 1. The molecule has 36 heavy (non-hydrogen) atoms. The van der Waals surface area contributed by atoms with E-state index < -0.39 is 5.91 Å². The Kier molecular flexibility index (Phi) is 5.52. The Balaban J connectivity index is 1.20. The van der Waals surface area contributed by atoms with Gasteiger partial charge in [0.2, 0.25) is 0 Å². The standard InChI is InChI=1S/C29H25N3O4/c33-27(26-7-4-14-36-26)30-24-12-13-25-23-15-19(17-32(25)29(24)35)16-31(18-23)28(34)22-10-8-21(9-11-22)20-5-2-1-3-6-20/h1-14,19,23H,15-18H2,(H,30,33)/t19-,23-/m1/s1. The van der Waals surface area contributed by atoms with E-state index in [-0.39, 0.29) is 34.7 Å². The van der Waals surface area contributed by atoms with Crippen LogP contribution in [0.3, 0.4) is 0 Å². The fraction of sp³-hybridized carbons (Fsp3) is 0.207. The average Bonchev–Trinajstić information content (AvgIpc) is 3.46. The molecule has 2 aliphatic heterocycles.